The Labute approximate surface area is 108 Å². The van der Waals surface area contributed by atoms with Crippen LogP contribution in [0.2, 0.25) is 0 Å². The Morgan fingerprint density at radius 2 is 2.00 bits per heavy atom. The zero-order valence-electron chi connectivity index (χ0n) is 11.4. The van der Waals surface area contributed by atoms with Gasteiger partial charge in [-0.15, -0.1) is 0 Å². The summed E-state index contributed by atoms with van der Waals surface area (Å²) < 4.78 is 5.90. The first-order chi connectivity index (χ1) is 8.48. The second kappa shape index (κ2) is 5.00. The highest BCUT2D eigenvalue weighted by Gasteiger charge is 2.28. The number of nitrogens with two attached hydrogens (primary N) is 1. The predicted molar refractivity (Wildman–Crippen MR) is 72.7 cm³/mol. The molecule has 2 rings (SSSR count). The number of hydrogen-bond donors (Lipinski definition) is 2. The number of hydrogen-bond acceptors (Lipinski definition) is 5. The number of ether oxygens (including phenoxy) is 1. The van der Waals surface area contributed by atoms with Gasteiger partial charge in [-0.3, -0.25) is 0 Å². The third-order valence-corrected chi connectivity index (χ3v) is 3.55. The SMILES string of the molecule is CNc1cc(OC2CCC(C)(C)CC2)nc(N)n1. The molecule has 0 radical (unpaired) electrons. The van der Waals surface area contributed by atoms with Crippen molar-refractivity contribution < 1.29 is 4.74 Å². The molecule has 0 aliphatic heterocycles. The fraction of sp³-hybridized carbons (Fsp3) is 0.692. The first-order valence-corrected chi connectivity index (χ1v) is 6.47. The van der Waals surface area contributed by atoms with Gasteiger partial charge in [-0.25, -0.2) is 0 Å². The molecular weight excluding hydrogens is 228 g/mol. The van der Waals surface area contributed by atoms with Crippen LogP contribution in [0.3, 0.4) is 0 Å². The van der Waals surface area contributed by atoms with E-state index in [0.29, 0.717) is 17.1 Å². The fourth-order valence-electron chi connectivity index (χ4n) is 2.29. The standard InChI is InChI=1S/C13H22N4O/c1-13(2)6-4-9(5-7-13)18-11-8-10(15-3)16-12(14)17-11/h8-9H,4-7H2,1-3H3,(H3,14,15,16,17). The van der Waals surface area contributed by atoms with Gasteiger partial charge in [-0.05, 0) is 31.1 Å². The first-order valence-electron chi connectivity index (χ1n) is 6.47. The van der Waals surface area contributed by atoms with Crippen molar-refractivity contribution in [3.05, 3.63) is 6.07 Å². The lowest BCUT2D eigenvalue weighted by Crippen LogP contribution is -2.28. The third kappa shape index (κ3) is 3.24. The summed E-state index contributed by atoms with van der Waals surface area (Å²) >= 11 is 0. The summed E-state index contributed by atoms with van der Waals surface area (Å²) in [5.41, 5.74) is 6.09. The molecule has 1 aromatic rings. The van der Waals surface area contributed by atoms with Crippen LogP contribution in [0.25, 0.3) is 0 Å². The summed E-state index contributed by atoms with van der Waals surface area (Å²) in [6, 6.07) is 1.79. The summed E-state index contributed by atoms with van der Waals surface area (Å²) in [7, 11) is 1.80. The van der Waals surface area contributed by atoms with Gasteiger partial charge in [0.2, 0.25) is 11.8 Å². The molecule has 1 saturated carbocycles. The minimum Gasteiger partial charge on any atom is -0.474 e. The summed E-state index contributed by atoms with van der Waals surface area (Å²) in [6.45, 7) is 4.62. The van der Waals surface area contributed by atoms with E-state index >= 15 is 0 Å². The van der Waals surface area contributed by atoms with E-state index in [4.69, 9.17) is 10.5 Å². The van der Waals surface area contributed by atoms with E-state index in [9.17, 15) is 0 Å². The summed E-state index contributed by atoms with van der Waals surface area (Å²) in [5.74, 6) is 1.50. The summed E-state index contributed by atoms with van der Waals surface area (Å²) in [4.78, 5) is 8.16. The Bertz CT molecular complexity index is 409. The molecule has 0 spiro atoms. The minimum absolute atomic E-state index is 0.244. The van der Waals surface area contributed by atoms with E-state index in [1.165, 1.54) is 12.8 Å². The fourth-order valence-corrected chi connectivity index (χ4v) is 2.29. The average molecular weight is 250 g/mol. The van der Waals surface area contributed by atoms with Gasteiger partial charge in [0.25, 0.3) is 0 Å². The molecule has 5 heteroatoms. The molecular formula is C13H22N4O. The Morgan fingerprint density at radius 3 is 2.61 bits per heavy atom. The van der Waals surface area contributed by atoms with Gasteiger partial charge >= 0.3 is 0 Å². The summed E-state index contributed by atoms with van der Waals surface area (Å²) in [6.07, 6.45) is 4.78. The van der Waals surface area contributed by atoms with Gasteiger partial charge < -0.3 is 15.8 Å². The molecule has 3 N–H and O–H groups in total. The number of aromatic nitrogens is 2. The molecule has 1 aromatic heterocycles. The molecule has 100 valence electrons. The van der Waals surface area contributed by atoms with E-state index in [1.54, 1.807) is 13.1 Å². The first kappa shape index (κ1) is 12.9. The second-order valence-electron chi connectivity index (χ2n) is 5.68. The van der Waals surface area contributed by atoms with Crippen molar-refractivity contribution in [1.82, 2.24) is 9.97 Å². The Balaban J connectivity index is 2.00. The highest BCUT2D eigenvalue weighted by atomic mass is 16.5. The van der Waals surface area contributed by atoms with Crippen LogP contribution in [0.5, 0.6) is 5.88 Å². The average Bonchev–Trinajstić information content (AvgIpc) is 2.31. The zero-order valence-corrected chi connectivity index (χ0v) is 11.4. The van der Waals surface area contributed by atoms with E-state index in [1.807, 2.05) is 0 Å². The molecule has 0 bridgehead atoms. The van der Waals surface area contributed by atoms with Crippen molar-refractivity contribution in [2.75, 3.05) is 18.1 Å². The second-order valence-corrected chi connectivity index (χ2v) is 5.68. The Morgan fingerprint density at radius 1 is 1.33 bits per heavy atom. The molecule has 1 fully saturated rings. The van der Waals surface area contributed by atoms with Crippen molar-refractivity contribution in [3.63, 3.8) is 0 Å². The van der Waals surface area contributed by atoms with Gasteiger partial charge in [0.15, 0.2) is 0 Å². The lowest BCUT2D eigenvalue weighted by atomic mass is 9.76. The third-order valence-electron chi connectivity index (χ3n) is 3.55. The van der Waals surface area contributed by atoms with Crippen molar-refractivity contribution in [2.24, 2.45) is 5.41 Å². The van der Waals surface area contributed by atoms with Crippen LogP contribution in [0.15, 0.2) is 6.07 Å². The maximum Gasteiger partial charge on any atom is 0.225 e. The molecule has 18 heavy (non-hydrogen) atoms. The molecule has 1 aliphatic carbocycles. The Kier molecular flexibility index (Phi) is 3.59. The van der Waals surface area contributed by atoms with Crippen molar-refractivity contribution >= 4 is 11.8 Å². The quantitative estimate of drug-likeness (QED) is 0.862. The van der Waals surface area contributed by atoms with Crippen LogP contribution in [0, 0.1) is 5.41 Å². The lowest BCUT2D eigenvalue weighted by Gasteiger charge is -2.34. The molecule has 0 saturated heterocycles. The number of rotatable bonds is 3. The maximum absolute atomic E-state index is 5.90. The van der Waals surface area contributed by atoms with Gasteiger partial charge in [0, 0.05) is 13.1 Å². The predicted octanol–water partition coefficient (Wildman–Crippen LogP) is 2.45. The smallest absolute Gasteiger partial charge is 0.225 e. The van der Waals surface area contributed by atoms with E-state index in [0.717, 1.165) is 12.8 Å². The molecule has 0 aromatic carbocycles. The number of nitrogen functional groups attached to an aromatic ring is 1. The summed E-state index contributed by atoms with van der Waals surface area (Å²) in [5, 5.41) is 2.95. The zero-order chi connectivity index (χ0) is 13.2. The Hall–Kier alpha value is -1.52. The molecule has 5 nitrogen and oxygen atoms in total. The maximum atomic E-state index is 5.90. The van der Waals surface area contributed by atoms with Gasteiger partial charge in [-0.2, -0.15) is 9.97 Å². The van der Waals surface area contributed by atoms with Crippen LogP contribution in [-0.2, 0) is 0 Å². The van der Waals surface area contributed by atoms with Crippen molar-refractivity contribution in [2.45, 2.75) is 45.6 Å². The molecule has 0 unspecified atom stereocenters. The van der Waals surface area contributed by atoms with Crippen LogP contribution in [0.1, 0.15) is 39.5 Å². The molecule has 1 aliphatic rings. The van der Waals surface area contributed by atoms with Crippen LogP contribution in [0.4, 0.5) is 11.8 Å². The van der Waals surface area contributed by atoms with Crippen molar-refractivity contribution in [3.8, 4) is 5.88 Å². The highest BCUT2D eigenvalue weighted by molar-refractivity contribution is 5.42. The number of nitrogens with zero attached hydrogens (tertiary/aromatic N) is 2. The minimum atomic E-state index is 0.244. The molecule has 0 amide bonds. The van der Waals surface area contributed by atoms with E-state index in [-0.39, 0.29) is 12.1 Å². The van der Waals surface area contributed by atoms with Gasteiger partial charge in [-0.1, -0.05) is 13.8 Å². The normalized spacial score (nSPS) is 19.5. The monoisotopic (exact) mass is 250 g/mol. The molecule has 0 atom stereocenters. The van der Waals surface area contributed by atoms with Crippen LogP contribution in [-0.4, -0.2) is 23.1 Å². The topological polar surface area (TPSA) is 73.1 Å². The van der Waals surface area contributed by atoms with Gasteiger partial charge in [0.1, 0.15) is 11.9 Å². The van der Waals surface area contributed by atoms with E-state index < -0.39 is 0 Å². The van der Waals surface area contributed by atoms with E-state index in [2.05, 4.69) is 29.1 Å². The van der Waals surface area contributed by atoms with Crippen molar-refractivity contribution in [1.29, 1.82) is 0 Å². The molecule has 1 heterocycles. The lowest BCUT2D eigenvalue weighted by molar-refractivity contribution is 0.0950. The largest absolute Gasteiger partial charge is 0.474 e. The number of anilines is 2. The van der Waals surface area contributed by atoms with Gasteiger partial charge in [0.05, 0.1) is 0 Å². The van der Waals surface area contributed by atoms with Crippen LogP contribution >= 0.6 is 0 Å². The number of nitrogens with one attached hydrogen (secondary N) is 1. The highest BCUT2D eigenvalue weighted by Crippen LogP contribution is 2.36. The van der Waals surface area contributed by atoms with Crippen LogP contribution < -0.4 is 15.8 Å².